The van der Waals surface area contributed by atoms with E-state index >= 15 is 0 Å². The lowest BCUT2D eigenvalue weighted by molar-refractivity contribution is 0.0770. The lowest BCUT2D eigenvalue weighted by Crippen LogP contribution is -2.33. The number of hydrogen-bond acceptors (Lipinski definition) is 5. The molecule has 1 unspecified atom stereocenters. The summed E-state index contributed by atoms with van der Waals surface area (Å²) >= 11 is 0. The zero-order valence-corrected chi connectivity index (χ0v) is 18.0. The van der Waals surface area contributed by atoms with Gasteiger partial charge in [0.25, 0.3) is 5.91 Å². The molecule has 158 valence electrons. The number of carbonyl (C=O) groups is 1. The largest absolute Gasteiger partial charge is 0.339 e. The number of amides is 1. The van der Waals surface area contributed by atoms with E-state index in [1.807, 2.05) is 53.4 Å². The van der Waals surface area contributed by atoms with E-state index in [2.05, 4.69) is 21.2 Å². The van der Waals surface area contributed by atoms with Gasteiger partial charge in [0.15, 0.2) is 5.84 Å². The minimum absolute atomic E-state index is 0.0123. The van der Waals surface area contributed by atoms with Crippen LogP contribution in [-0.2, 0) is 16.1 Å². The quantitative estimate of drug-likeness (QED) is 0.631. The predicted octanol–water partition coefficient (Wildman–Crippen LogP) is 3.17. The molecule has 1 saturated heterocycles. The summed E-state index contributed by atoms with van der Waals surface area (Å²) in [6.45, 7) is 1.74. The summed E-state index contributed by atoms with van der Waals surface area (Å²) in [6, 6.07) is 15.7. The fourth-order valence-corrected chi connectivity index (χ4v) is 5.60. The molecule has 0 saturated carbocycles. The second kappa shape index (κ2) is 7.81. The number of nitrogens with zero attached hydrogens (tertiary/aromatic N) is 3. The second-order valence-electron chi connectivity index (χ2n) is 8.06. The van der Waals surface area contributed by atoms with Gasteiger partial charge < -0.3 is 10.2 Å². The summed E-state index contributed by atoms with van der Waals surface area (Å²) in [7, 11) is -2.07. The summed E-state index contributed by atoms with van der Waals surface area (Å²) in [5.74, 6) is 5.65. The third-order valence-corrected chi connectivity index (χ3v) is 7.82. The molecule has 2 aromatic carbocycles. The number of nitrogens with one attached hydrogen (secondary N) is 1. The van der Waals surface area contributed by atoms with E-state index in [4.69, 9.17) is 0 Å². The van der Waals surface area contributed by atoms with Gasteiger partial charge in [-0.2, -0.15) is 0 Å². The number of fused-ring (bicyclic) bond motifs is 2. The first-order chi connectivity index (χ1) is 15.0. The Kier molecular flexibility index (Phi) is 4.98. The SMILES string of the molecule is C=S1(=O)CCCN(C(=O)c2cccc3cc(NC4=NCc5cccnc54)ccc23)CC1. The molecule has 1 atom stereocenters. The Hall–Kier alpha value is -3.19. The van der Waals surface area contributed by atoms with Crippen LogP contribution >= 0.6 is 0 Å². The molecule has 6 nitrogen and oxygen atoms in total. The van der Waals surface area contributed by atoms with Crippen molar-refractivity contribution in [1.82, 2.24) is 9.88 Å². The van der Waals surface area contributed by atoms with E-state index in [1.54, 1.807) is 6.20 Å². The van der Waals surface area contributed by atoms with Crippen molar-refractivity contribution in [3.63, 3.8) is 0 Å². The minimum atomic E-state index is -2.07. The van der Waals surface area contributed by atoms with Crippen LogP contribution in [0.4, 0.5) is 5.69 Å². The van der Waals surface area contributed by atoms with Crippen molar-refractivity contribution in [2.75, 3.05) is 29.9 Å². The van der Waals surface area contributed by atoms with Gasteiger partial charge in [-0.15, -0.1) is 0 Å². The summed E-state index contributed by atoms with van der Waals surface area (Å²) in [5, 5.41) is 5.26. The molecule has 3 heterocycles. The van der Waals surface area contributed by atoms with Crippen LogP contribution < -0.4 is 5.32 Å². The van der Waals surface area contributed by atoms with Crippen LogP contribution in [0.3, 0.4) is 0 Å². The molecule has 7 heteroatoms. The van der Waals surface area contributed by atoms with E-state index in [0.717, 1.165) is 40.0 Å². The number of aliphatic imine (C=N–C) groups is 1. The highest BCUT2D eigenvalue weighted by atomic mass is 32.2. The van der Waals surface area contributed by atoms with Crippen molar-refractivity contribution in [3.8, 4) is 0 Å². The molecule has 0 bridgehead atoms. The van der Waals surface area contributed by atoms with Crippen molar-refractivity contribution in [1.29, 1.82) is 0 Å². The number of rotatable bonds is 2. The third kappa shape index (κ3) is 3.93. The molecule has 1 N–H and O–H groups in total. The van der Waals surface area contributed by atoms with Gasteiger partial charge in [0, 0.05) is 47.6 Å². The molecule has 31 heavy (non-hydrogen) atoms. The van der Waals surface area contributed by atoms with Crippen molar-refractivity contribution in [2.24, 2.45) is 4.99 Å². The van der Waals surface area contributed by atoms with E-state index in [0.29, 0.717) is 36.7 Å². The first-order valence-electron chi connectivity index (χ1n) is 10.4. The number of amidine groups is 1. The molecular formula is C24H24N4O2S. The molecule has 1 aromatic heterocycles. The van der Waals surface area contributed by atoms with Crippen molar-refractivity contribution in [2.45, 2.75) is 13.0 Å². The van der Waals surface area contributed by atoms with Gasteiger partial charge in [0.1, 0.15) is 5.69 Å². The monoisotopic (exact) mass is 432 g/mol. The number of pyridine rings is 1. The fraction of sp³-hybridized carbons (Fsp3) is 0.250. The van der Waals surface area contributed by atoms with Crippen molar-refractivity contribution in [3.05, 3.63) is 71.5 Å². The smallest absolute Gasteiger partial charge is 0.254 e. The normalized spacial score (nSPS) is 20.8. The second-order valence-corrected chi connectivity index (χ2v) is 10.8. The summed E-state index contributed by atoms with van der Waals surface area (Å²) < 4.78 is 12.3. The van der Waals surface area contributed by atoms with E-state index < -0.39 is 9.52 Å². The maximum absolute atomic E-state index is 13.2. The number of aromatic nitrogens is 1. The molecule has 1 fully saturated rings. The van der Waals surface area contributed by atoms with Gasteiger partial charge in [-0.3, -0.25) is 19.0 Å². The Labute approximate surface area is 182 Å². The zero-order valence-electron chi connectivity index (χ0n) is 17.2. The zero-order chi connectivity index (χ0) is 21.4. The average molecular weight is 433 g/mol. The van der Waals surface area contributed by atoms with Gasteiger partial charge in [0.2, 0.25) is 0 Å². The van der Waals surface area contributed by atoms with E-state index in [-0.39, 0.29) is 5.91 Å². The first kappa shape index (κ1) is 19.8. The molecular weight excluding hydrogens is 408 g/mol. The Morgan fingerprint density at radius 2 is 2.00 bits per heavy atom. The highest BCUT2D eigenvalue weighted by molar-refractivity contribution is 8.00. The molecule has 0 spiro atoms. The van der Waals surface area contributed by atoms with E-state index in [1.165, 1.54) is 0 Å². The number of anilines is 1. The van der Waals surface area contributed by atoms with Crippen LogP contribution in [0.5, 0.6) is 0 Å². The lowest BCUT2D eigenvalue weighted by Gasteiger charge is -2.21. The van der Waals surface area contributed by atoms with Crippen molar-refractivity contribution >= 4 is 43.6 Å². The van der Waals surface area contributed by atoms with Crippen LogP contribution in [0, 0.1) is 0 Å². The topological polar surface area (TPSA) is 74.7 Å². The van der Waals surface area contributed by atoms with Crippen LogP contribution in [0.2, 0.25) is 0 Å². The average Bonchev–Trinajstić information content (AvgIpc) is 3.08. The van der Waals surface area contributed by atoms with Crippen LogP contribution in [0.1, 0.15) is 28.0 Å². The minimum Gasteiger partial charge on any atom is -0.339 e. The van der Waals surface area contributed by atoms with Gasteiger partial charge >= 0.3 is 0 Å². The Balaban J connectivity index is 1.41. The standard InChI is InChI=1S/C24H24N4O2S/c1-31(30)13-4-11-28(12-14-31)24(29)21-7-2-5-17-15-19(8-9-20(17)21)27-23-22-18(16-26-23)6-3-10-25-22/h2-3,5-10,15H,1,4,11-14,16H2,(H,26,27). The summed E-state index contributed by atoms with van der Waals surface area (Å²) in [6.07, 6.45) is 2.50. The van der Waals surface area contributed by atoms with Gasteiger partial charge in [-0.25, -0.2) is 0 Å². The van der Waals surface area contributed by atoms with Crippen LogP contribution in [0.15, 0.2) is 59.7 Å². The first-order valence-corrected chi connectivity index (χ1v) is 12.5. The maximum atomic E-state index is 13.2. The number of hydrogen-bond donors (Lipinski definition) is 1. The Morgan fingerprint density at radius 1 is 1.10 bits per heavy atom. The van der Waals surface area contributed by atoms with Gasteiger partial charge in [0.05, 0.1) is 6.54 Å². The van der Waals surface area contributed by atoms with E-state index in [9.17, 15) is 9.00 Å². The highest BCUT2D eigenvalue weighted by Crippen LogP contribution is 2.26. The van der Waals surface area contributed by atoms with Crippen LogP contribution in [-0.4, -0.2) is 56.3 Å². The highest BCUT2D eigenvalue weighted by Gasteiger charge is 2.22. The lowest BCUT2D eigenvalue weighted by atomic mass is 10.0. The molecule has 5 rings (SSSR count). The molecule has 1 amide bonds. The summed E-state index contributed by atoms with van der Waals surface area (Å²) in [4.78, 5) is 24.1. The summed E-state index contributed by atoms with van der Waals surface area (Å²) in [5.41, 5.74) is 3.57. The molecule has 0 radical (unpaired) electrons. The Bertz CT molecular complexity index is 1310. The number of benzene rings is 2. The predicted molar refractivity (Wildman–Crippen MR) is 128 cm³/mol. The Morgan fingerprint density at radius 3 is 2.90 bits per heavy atom. The van der Waals surface area contributed by atoms with Gasteiger partial charge in [-0.05, 0) is 56.9 Å². The molecule has 2 aliphatic heterocycles. The maximum Gasteiger partial charge on any atom is 0.254 e. The van der Waals surface area contributed by atoms with Crippen LogP contribution in [0.25, 0.3) is 10.8 Å². The fourth-order valence-electron chi connectivity index (χ4n) is 4.18. The van der Waals surface area contributed by atoms with Gasteiger partial charge in [-0.1, -0.05) is 24.3 Å². The molecule has 2 aliphatic rings. The number of carbonyl (C=O) groups excluding carboxylic acids is 1. The third-order valence-electron chi connectivity index (χ3n) is 5.86. The molecule has 3 aromatic rings. The van der Waals surface area contributed by atoms with Crippen molar-refractivity contribution < 1.29 is 9.00 Å². The molecule has 0 aliphatic carbocycles.